The highest BCUT2D eigenvalue weighted by atomic mass is 16.3. The Kier molecular flexibility index (Phi) is 3.55. The van der Waals surface area contributed by atoms with Crippen LogP contribution in [0.1, 0.15) is 18.9 Å². The van der Waals surface area contributed by atoms with Gasteiger partial charge in [-0.05, 0) is 24.1 Å². The van der Waals surface area contributed by atoms with Gasteiger partial charge in [-0.1, -0.05) is 18.2 Å². The van der Waals surface area contributed by atoms with Crippen LogP contribution in [0, 0.1) is 0 Å². The van der Waals surface area contributed by atoms with Crippen LogP contribution in [0.5, 0.6) is 0 Å². The molecule has 1 amide bonds. The van der Waals surface area contributed by atoms with Gasteiger partial charge in [0.2, 0.25) is 5.91 Å². The number of hydrogen-bond donors (Lipinski definition) is 1. The van der Waals surface area contributed by atoms with Gasteiger partial charge in [0, 0.05) is 13.5 Å². The first-order valence-electron chi connectivity index (χ1n) is 5.50. The van der Waals surface area contributed by atoms with Crippen molar-refractivity contribution in [3.63, 3.8) is 0 Å². The van der Waals surface area contributed by atoms with Crippen LogP contribution in [-0.4, -0.2) is 17.4 Å². The summed E-state index contributed by atoms with van der Waals surface area (Å²) >= 11 is 0. The number of benzene rings is 1. The first-order chi connectivity index (χ1) is 8.25. The Morgan fingerprint density at radius 2 is 2.41 bits per heavy atom. The molecule has 0 atom stereocenters. The van der Waals surface area contributed by atoms with E-state index in [0.717, 1.165) is 23.1 Å². The zero-order valence-corrected chi connectivity index (χ0v) is 9.64. The van der Waals surface area contributed by atoms with Gasteiger partial charge < -0.3 is 9.73 Å². The summed E-state index contributed by atoms with van der Waals surface area (Å²) in [7, 11) is 0. The molecule has 0 fully saturated rings. The van der Waals surface area contributed by atoms with E-state index < -0.39 is 0 Å². The van der Waals surface area contributed by atoms with Crippen LogP contribution < -0.4 is 5.32 Å². The highest BCUT2D eigenvalue weighted by molar-refractivity contribution is 5.75. The summed E-state index contributed by atoms with van der Waals surface area (Å²) in [4.78, 5) is 14.7. The smallest absolute Gasteiger partial charge is 0.216 e. The van der Waals surface area contributed by atoms with Gasteiger partial charge in [0.15, 0.2) is 12.0 Å². The van der Waals surface area contributed by atoms with Crippen molar-refractivity contribution in [1.29, 1.82) is 0 Å². The zero-order valence-electron chi connectivity index (χ0n) is 9.64. The van der Waals surface area contributed by atoms with E-state index >= 15 is 0 Å². The van der Waals surface area contributed by atoms with E-state index in [4.69, 9.17) is 4.42 Å². The average molecular weight is 230 g/mol. The van der Waals surface area contributed by atoms with Gasteiger partial charge in [-0.3, -0.25) is 4.79 Å². The number of fused-ring (bicyclic) bond motifs is 1. The van der Waals surface area contributed by atoms with Crippen molar-refractivity contribution in [2.45, 2.75) is 13.3 Å². The monoisotopic (exact) mass is 230 g/mol. The molecule has 0 bridgehead atoms. The maximum Gasteiger partial charge on any atom is 0.216 e. The summed E-state index contributed by atoms with van der Waals surface area (Å²) in [6, 6.07) is 5.84. The Labute approximate surface area is 99.3 Å². The Morgan fingerprint density at radius 3 is 3.24 bits per heavy atom. The fourth-order valence-corrected chi connectivity index (χ4v) is 1.53. The Balaban J connectivity index is 1.93. The van der Waals surface area contributed by atoms with Crippen LogP contribution in [-0.2, 0) is 4.79 Å². The van der Waals surface area contributed by atoms with Gasteiger partial charge in [0.05, 0.1) is 0 Å². The molecule has 1 aromatic carbocycles. The first-order valence-corrected chi connectivity index (χ1v) is 5.50. The standard InChI is InChI=1S/C13H14N2O2/c1-10(16)14-7-3-2-4-11-5-6-13-12(8-11)15-9-17-13/h2,4-6,8-9H,3,7H2,1H3,(H,14,16). The third-order valence-corrected chi connectivity index (χ3v) is 2.35. The molecule has 0 saturated heterocycles. The number of carbonyl (C=O) groups excluding carboxylic acids is 1. The second-order valence-corrected chi connectivity index (χ2v) is 3.75. The SMILES string of the molecule is CC(=O)NCCC=Cc1ccc2ocnc2c1. The van der Waals surface area contributed by atoms with Crippen LogP contribution in [0.4, 0.5) is 0 Å². The van der Waals surface area contributed by atoms with E-state index in [2.05, 4.69) is 10.3 Å². The van der Waals surface area contributed by atoms with Crippen LogP contribution in [0.2, 0.25) is 0 Å². The number of rotatable bonds is 4. The Bertz CT molecular complexity index is 543. The lowest BCUT2D eigenvalue weighted by atomic mass is 10.2. The Morgan fingerprint density at radius 1 is 1.53 bits per heavy atom. The van der Waals surface area contributed by atoms with Crippen LogP contribution >= 0.6 is 0 Å². The summed E-state index contributed by atoms with van der Waals surface area (Å²) in [6.07, 6.45) is 6.29. The molecule has 4 heteroatoms. The highest BCUT2D eigenvalue weighted by Crippen LogP contribution is 2.15. The van der Waals surface area contributed by atoms with Crippen molar-refractivity contribution in [2.75, 3.05) is 6.54 Å². The van der Waals surface area contributed by atoms with Gasteiger partial charge in [0.25, 0.3) is 0 Å². The van der Waals surface area contributed by atoms with E-state index in [0.29, 0.717) is 6.54 Å². The van der Waals surface area contributed by atoms with Crippen molar-refractivity contribution < 1.29 is 9.21 Å². The molecule has 0 unspecified atom stereocenters. The number of nitrogens with zero attached hydrogens (tertiary/aromatic N) is 1. The third-order valence-electron chi connectivity index (χ3n) is 2.35. The molecule has 0 aliphatic heterocycles. The minimum atomic E-state index is 0.00224. The van der Waals surface area contributed by atoms with Gasteiger partial charge in [-0.25, -0.2) is 4.98 Å². The van der Waals surface area contributed by atoms with Crippen molar-refractivity contribution in [3.8, 4) is 0 Å². The van der Waals surface area contributed by atoms with Crippen molar-refractivity contribution >= 4 is 23.1 Å². The van der Waals surface area contributed by atoms with Crippen LogP contribution in [0.3, 0.4) is 0 Å². The van der Waals surface area contributed by atoms with Crippen LogP contribution in [0.25, 0.3) is 17.2 Å². The number of amides is 1. The largest absolute Gasteiger partial charge is 0.443 e. The van der Waals surface area contributed by atoms with Gasteiger partial charge in [0.1, 0.15) is 5.52 Å². The normalized spacial score (nSPS) is 11.1. The fraction of sp³-hybridized carbons (Fsp3) is 0.231. The molecule has 1 N–H and O–H groups in total. The predicted molar refractivity (Wildman–Crippen MR) is 66.3 cm³/mol. The third kappa shape index (κ3) is 3.17. The molecule has 2 aromatic rings. The molecule has 0 radical (unpaired) electrons. The van der Waals surface area contributed by atoms with E-state index in [1.54, 1.807) is 0 Å². The fourth-order valence-electron chi connectivity index (χ4n) is 1.53. The van der Waals surface area contributed by atoms with Crippen molar-refractivity contribution in [2.24, 2.45) is 0 Å². The predicted octanol–water partition coefficient (Wildman–Crippen LogP) is 2.37. The maximum atomic E-state index is 10.6. The van der Waals surface area contributed by atoms with Gasteiger partial charge in [-0.15, -0.1) is 0 Å². The summed E-state index contributed by atoms with van der Waals surface area (Å²) in [5.41, 5.74) is 2.73. The molecule has 88 valence electrons. The molecular weight excluding hydrogens is 216 g/mol. The summed E-state index contributed by atoms with van der Waals surface area (Å²) in [6.45, 7) is 2.18. The lowest BCUT2D eigenvalue weighted by Crippen LogP contribution is -2.20. The van der Waals surface area contributed by atoms with Crippen molar-refractivity contribution in [3.05, 3.63) is 36.2 Å². The molecular formula is C13H14N2O2. The molecule has 17 heavy (non-hydrogen) atoms. The van der Waals surface area contributed by atoms with Crippen LogP contribution in [0.15, 0.2) is 35.1 Å². The number of nitrogens with one attached hydrogen (secondary N) is 1. The summed E-state index contributed by atoms with van der Waals surface area (Å²) < 4.78 is 5.16. The molecule has 0 aliphatic rings. The molecule has 0 spiro atoms. The molecule has 2 rings (SSSR count). The lowest BCUT2D eigenvalue weighted by Gasteiger charge is -1.97. The minimum Gasteiger partial charge on any atom is -0.443 e. The second-order valence-electron chi connectivity index (χ2n) is 3.75. The van der Waals surface area contributed by atoms with E-state index in [1.165, 1.54) is 13.3 Å². The topological polar surface area (TPSA) is 55.1 Å². The van der Waals surface area contributed by atoms with Gasteiger partial charge >= 0.3 is 0 Å². The second kappa shape index (κ2) is 5.30. The molecule has 0 saturated carbocycles. The number of hydrogen-bond acceptors (Lipinski definition) is 3. The zero-order chi connectivity index (χ0) is 12.1. The summed E-state index contributed by atoms with van der Waals surface area (Å²) in [5.74, 6) is 0.00224. The molecule has 0 aliphatic carbocycles. The quantitative estimate of drug-likeness (QED) is 0.820. The first kappa shape index (κ1) is 11.4. The molecule has 1 aromatic heterocycles. The number of carbonyl (C=O) groups is 1. The lowest BCUT2D eigenvalue weighted by molar-refractivity contribution is -0.118. The molecule has 1 heterocycles. The summed E-state index contributed by atoms with van der Waals surface area (Å²) in [5, 5.41) is 2.74. The van der Waals surface area contributed by atoms with E-state index in [9.17, 15) is 4.79 Å². The number of aromatic nitrogens is 1. The Hall–Kier alpha value is -2.10. The minimum absolute atomic E-state index is 0.00224. The maximum absolute atomic E-state index is 10.6. The highest BCUT2D eigenvalue weighted by Gasteiger charge is 1.97. The van der Waals surface area contributed by atoms with E-state index in [1.807, 2.05) is 30.4 Å². The molecule has 4 nitrogen and oxygen atoms in total. The number of oxazole rings is 1. The average Bonchev–Trinajstić information content (AvgIpc) is 2.75. The van der Waals surface area contributed by atoms with E-state index in [-0.39, 0.29) is 5.91 Å². The van der Waals surface area contributed by atoms with Gasteiger partial charge in [-0.2, -0.15) is 0 Å². The van der Waals surface area contributed by atoms with Crippen molar-refractivity contribution in [1.82, 2.24) is 10.3 Å².